The van der Waals surface area contributed by atoms with Crippen molar-refractivity contribution in [1.82, 2.24) is 9.88 Å². The summed E-state index contributed by atoms with van der Waals surface area (Å²) >= 11 is 0. The van der Waals surface area contributed by atoms with Crippen LogP contribution in [0, 0.1) is 15.5 Å². The SMILES string of the molecule is CC1(C(=O)O)CCN(C(=O)c2ccc([N+](=O)[O-])c3cccnc23)C1. The van der Waals surface area contributed by atoms with Gasteiger partial charge in [-0.1, -0.05) is 0 Å². The zero-order valence-corrected chi connectivity index (χ0v) is 12.9. The molecule has 1 atom stereocenters. The highest BCUT2D eigenvalue weighted by molar-refractivity contribution is 6.08. The molecule has 3 rings (SSSR count). The molecule has 1 amide bonds. The van der Waals surface area contributed by atoms with Gasteiger partial charge < -0.3 is 10.0 Å². The molecule has 1 aromatic carbocycles. The molecule has 2 aromatic rings. The topological polar surface area (TPSA) is 114 Å². The van der Waals surface area contributed by atoms with Gasteiger partial charge in [0.1, 0.15) is 0 Å². The highest BCUT2D eigenvalue weighted by Gasteiger charge is 2.42. The van der Waals surface area contributed by atoms with Crippen molar-refractivity contribution in [2.45, 2.75) is 13.3 Å². The largest absolute Gasteiger partial charge is 0.481 e. The maximum atomic E-state index is 12.8. The van der Waals surface area contributed by atoms with Crippen molar-refractivity contribution in [3.05, 3.63) is 46.1 Å². The number of hydrogen-bond donors (Lipinski definition) is 1. The van der Waals surface area contributed by atoms with Crippen molar-refractivity contribution in [3.8, 4) is 0 Å². The molecule has 1 saturated heterocycles. The van der Waals surface area contributed by atoms with Crippen LogP contribution in [0.5, 0.6) is 0 Å². The lowest BCUT2D eigenvalue weighted by Crippen LogP contribution is -2.35. The fourth-order valence-corrected chi connectivity index (χ4v) is 2.97. The van der Waals surface area contributed by atoms with E-state index in [0.29, 0.717) is 13.0 Å². The Balaban J connectivity index is 2.02. The van der Waals surface area contributed by atoms with Crippen LogP contribution < -0.4 is 0 Å². The number of carbonyl (C=O) groups is 2. The van der Waals surface area contributed by atoms with Crippen LogP contribution in [0.3, 0.4) is 0 Å². The molecule has 0 radical (unpaired) electrons. The number of benzene rings is 1. The lowest BCUT2D eigenvalue weighted by molar-refractivity contribution is -0.383. The van der Waals surface area contributed by atoms with E-state index in [4.69, 9.17) is 0 Å². The molecule has 2 heterocycles. The molecule has 0 bridgehead atoms. The summed E-state index contributed by atoms with van der Waals surface area (Å²) in [4.78, 5) is 40.3. The van der Waals surface area contributed by atoms with E-state index in [-0.39, 0.29) is 34.6 Å². The van der Waals surface area contributed by atoms with Crippen molar-refractivity contribution in [2.75, 3.05) is 13.1 Å². The van der Waals surface area contributed by atoms with Crippen LogP contribution in [0.15, 0.2) is 30.5 Å². The minimum absolute atomic E-state index is 0.104. The molecular formula is C16H15N3O5. The Hall–Kier alpha value is -3.03. The van der Waals surface area contributed by atoms with Crippen LogP contribution in [-0.2, 0) is 4.79 Å². The number of carbonyl (C=O) groups excluding carboxylic acids is 1. The van der Waals surface area contributed by atoms with Gasteiger partial charge in [-0.05, 0) is 31.5 Å². The van der Waals surface area contributed by atoms with Crippen molar-refractivity contribution >= 4 is 28.5 Å². The Labute approximate surface area is 136 Å². The van der Waals surface area contributed by atoms with Gasteiger partial charge >= 0.3 is 5.97 Å². The molecule has 1 N–H and O–H groups in total. The van der Waals surface area contributed by atoms with Gasteiger partial charge in [0, 0.05) is 25.4 Å². The third-order valence-corrected chi connectivity index (χ3v) is 4.45. The molecule has 1 unspecified atom stereocenters. The van der Waals surface area contributed by atoms with Crippen molar-refractivity contribution in [2.24, 2.45) is 5.41 Å². The summed E-state index contributed by atoms with van der Waals surface area (Å²) in [5.41, 5.74) is -0.599. The predicted molar refractivity (Wildman–Crippen MR) is 84.7 cm³/mol. The fourth-order valence-electron chi connectivity index (χ4n) is 2.97. The number of hydrogen-bond acceptors (Lipinski definition) is 5. The van der Waals surface area contributed by atoms with Gasteiger partial charge in [0.15, 0.2) is 0 Å². The molecule has 1 fully saturated rings. The molecular weight excluding hydrogens is 314 g/mol. The number of fused-ring (bicyclic) bond motifs is 1. The van der Waals surface area contributed by atoms with E-state index in [1.807, 2.05) is 0 Å². The summed E-state index contributed by atoms with van der Waals surface area (Å²) in [6, 6.07) is 5.78. The average Bonchev–Trinajstić information content (AvgIpc) is 2.97. The summed E-state index contributed by atoms with van der Waals surface area (Å²) in [7, 11) is 0. The highest BCUT2D eigenvalue weighted by atomic mass is 16.6. The van der Waals surface area contributed by atoms with E-state index < -0.39 is 16.3 Å². The smallest absolute Gasteiger partial charge is 0.311 e. The first-order valence-corrected chi connectivity index (χ1v) is 7.38. The molecule has 24 heavy (non-hydrogen) atoms. The number of nitro benzene ring substituents is 1. The minimum Gasteiger partial charge on any atom is -0.481 e. The summed E-state index contributed by atoms with van der Waals surface area (Å²) in [6.45, 7) is 2.04. The molecule has 1 aliphatic heterocycles. The van der Waals surface area contributed by atoms with Gasteiger partial charge in [0.25, 0.3) is 11.6 Å². The summed E-state index contributed by atoms with van der Waals surface area (Å²) in [5, 5.41) is 20.7. The number of aromatic nitrogens is 1. The second-order valence-electron chi connectivity index (χ2n) is 6.13. The summed E-state index contributed by atoms with van der Waals surface area (Å²) in [5.74, 6) is -1.30. The summed E-state index contributed by atoms with van der Waals surface area (Å²) < 4.78 is 0. The van der Waals surface area contributed by atoms with E-state index in [2.05, 4.69) is 4.98 Å². The number of amides is 1. The van der Waals surface area contributed by atoms with E-state index in [0.717, 1.165) is 0 Å². The molecule has 0 spiro atoms. The zero-order valence-electron chi connectivity index (χ0n) is 12.9. The Bertz CT molecular complexity index is 866. The van der Waals surface area contributed by atoms with Crippen molar-refractivity contribution in [3.63, 3.8) is 0 Å². The maximum absolute atomic E-state index is 12.8. The Morgan fingerprint density at radius 1 is 1.38 bits per heavy atom. The number of nitrogens with zero attached hydrogens (tertiary/aromatic N) is 3. The minimum atomic E-state index is -0.973. The van der Waals surface area contributed by atoms with E-state index >= 15 is 0 Å². The van der Waals surface area contributed by atoms with Crippen LogP contribution in [0.1, 0.15) is 23.7 Å². The summed E-state index contributed by atoms with van der Waals surface area (Å²) in [6.07, 6.45) is 1.83. The second kappa shape index (κ2) is 5.55. The molecule has 1 aromatic heterocycles. The van der Waals surface area contributed by atoms with Gasteiger partial charge in [-0.3, -0.25) is 24.7 Å². The number of carboxylic acids is 1. The standard InChI is InChI=1S/C16H15N3O5/c1-16(15(21)22)6-8-18(9-16)14(20)11-4-5-12(19(23)24)10-3-2-7-17-13(10)11/h2-5,7H,6,8-9H2,1H3,(H,21,22). The number of rotatable bonds is 3. The Morgan fingerprint density at radius 2 is 2.12 bits per heavy atom. The van der Waals surface area contributed by atoms with Crippen LogP contribution >= 0.6 is 0 Å². The molecule has 124 valence electrons. The van der Waals surface area contributed by atoms with E-state index in [1.165, 1.54) is 23.2 Å². The Kier molecular flexibility index (Phi) is 3.67. The molecule has 8 nitrogen and oxygen atoms in total. The van der Waals surface area contributed by atoms with Gasteiger partial charge in [-0.15, -0.1) is 0 Å². The highest BCUT2D eigenvalue weighted by Crippen LogP contribution is 2.33. The van der Waals surface area contributed by atoms with Crippen LogP contribution in [0.2, 0.25) is 0 Å². The van der Waals surface area contributed by atoms with Gasteiger partial charge in [0.05, 0.1) is 26.8 Å². The van der Waals surface area contributed by atoms with Crippen LogP contribution in [-0.4, -0.2) is 44.9 Å². The van der Waals surface area contributed by atoms with E-state index in [9.17, 15) is 24.8 Å². The average molecular weight is 329 g/mol. The maximum Gasteiger partial charge on any atom is 0.311 e. The van der Waals surface area contributed by atoms with Crippen LogP contribution in [0.25, 0.3) is 10.9 Å². The third kappa shape index (κ3) is 2.45. The number of nitro groups is 1. The number of carboxylic acid groups (broad SMARTS) is 1. The lowest BCUT2D eigenvalue weighted by Gasteiger charge is -2.20. The van der Waals surface area contributed by atoms with Gasteiger partial charge in [0.2, 0.25) is 0 Å². The third-order valence-electron chi connectivity index (χ3n) is 4.45. The molecule has 0 saturated carbocycles. The predicted octanol–water partition coefficient (Wildman–Crippen LogP) is 2.08. The number of likely N-dealkylation sites (tertiary alicyclic amines) is 1. The quantitative estimate of drug-likeness (QED) is 0.681. The Morgan fingerprint density at radius 3 is 2.75 bits per heavy atom. The zero-order chi connectivity index (χ0) is 17.5. The van der Waals surface area contributed by atoms with E-state index in [1.54, 1.807) is 19.1 Å². The number of aliphatic carboxylic acids is 1. The fraction of sp³-hybridized carbons (Fsp3) is 0.312. The monoisotopic (exact) mass is 329 g/mol. The molecule has 1 aliphatic rings. The van der Waals surface area contributed by atoms with Gasteiger partial charge in [-0.2, -0.15) is 0 Å². The first kappa shape index (κ1) is 15.9. The number of pyridine rings is 1. The second-order valence-corrected chi connectivity index (χ2v) is 6.13. The molecule has 8 heteroatoms. The number of non-ortho nitro benzene ring substituents is 1. The lowest BCUT2D eigenvalue weighted by atomic mass is 9.90. The molecule has 0 aliphatic carbocycles. The van der Waals surface area contributed by atoms with Gasteiger partial charge in [-0.25, -0.2) is 0 Å². The normalized spacial score (nSPS) is 20.3. The van der Waals surface area contributed by atoms with Crippen molar-refractivity contribution < 1.29 is 19.6 Å². The van der Waals surface area contributed by atoms with Crippen molar-refractivity contribution in [1.29, 1.82) is 0 Å². The first-order valence-electron chi connectivity index (χ1n) is 7.38. The van der Waals surface area contributed by atoms with Crippen LogP contribution in [0.4, 0.5) is 5.69 Å². The first-order chi connectivity index (χ1) is 11.3.